The molecule has 1 aromatic carbocycles. The lowest BCUT2D eigenvalue weighted by molar-refractivity contribution is -0.167. The molecule has 0 radical (unpaired) electrons. The summed E-state index contributed by atoms with van der Waals surface area (Å²) in [7, 11) is 0. The summed E-state index contributed by atoms with van der Waals surface area (Å²) in [4.78, 5) is 51.9. The Balaban J connectivity index is 2.60. The van der Waals surface area contributed by atoms with Crippen molar-refractivity contribution in [2.75, 3.05) is 13.2 Å². The molecular formula is C55H96O8. The van der Waals surface area contributed by atoms with Crippen molar-refractivity contribution in [1.82, 2.24) is 0 Å². The summed E-state index contributed by atoms with van der Waals surface area (Å²) in [6.07, 6.45) is 33.5. The highest BCUT2D eigenvalue weighted by Gasteiger charge is 2.28. The van der Waals surface area contributed by atoms with Crippen LogP contribution in [0.5, 0.6) is 5.75 Å². The standard InChI is InChI=1S/C55H96O8/c1-9-12-14-16-18-20-22-24-26-28-30-32-34-36-50(56)60-43-48(44-61-51(57)37-35-33-31-29-27-25-23-21-19-17-15-13-10-2)62-52(58)41-46(5)42-53(59)63-49-40-45(4)39-47(6)54(49)55(7,8)38-11-3/h39-40,46,48H,9-38,41-44H2,1-8H3. The summed E-state index contributed by atoms with van der Waals surface area (Å²) in [5.74, 6) is -1.43. The van der Waals surface area contributed by atoms with Crippen LogP contribution in [-0.4, -0.2) is 43.2 Å². The number of ether oxygens (including phenoxy) is 4. The van der Waals surface area contributed by atoms with E-state index in [1.54, 1.807) is 0 Å². The fraction of sp³-hybridized carbons (Fsp3) is 0.818. The second kappa shape index (κ2) is 37.3. The van der Waals surface area contributed by atoms with E-state index >= 15 is 0 Å². The minimum absolute atomic E-state index is 0.0304. The predicted molar refractivity (Wildman–Crippen MR) is 260 cm³/mol. The molecule has 0 aliphatic heterocycles. The Labute approximate surface area is 386 Å². The number of carbonyl (C=O) groups excluding carboxylic acids is 4. The average molecular weight is 885 g/mol. The van der Waals surface area contributed by atoms with Crippen LogP contribution in [0.4, 0.5) is 0 Å². The first-order valence-corrected chi connectivity index (χ1v) is 26.2. The third-order valence-electron chi connectivity index (χ3n) is 12.4. The van der Waals surface area contributed by atoms with Crippen LogP contribution in [0.1, 0.15) is 264 Å². The van der Waals surface area contributed by atoms with Crippen LogP contribution in [0.2, 0.25) is 0 Å². The number of rotatable bonds is 41. The molecule has 1 aromatic rings. The molecule has 0 aliphatic rings. The van der Waals surface area contributed by atoms with Gasteiger partial charge in [0.05, 0.1) is 0 Å². The Kier molecular flexibility index (Phi) is 34.4. The first kappa shape index (κ1) is 58.1. The van der Waals surface area contributed by atoms with E-state index in [1.807, 2.05) is 19.9 Å². The van der Waals surface area contributed by atoms with Gasteiger partial charge in [-0.1, -0.05) is 208 Å². The van der Waals surface area contributed by atoms with Crippen molar-refractivity contribution in [1.29, 1.82) is 0 Å². The van der Waals surface area contributed by atoms with Crippen LogP contribution in [0.15, 0.2) is 12.1 Å². The molecule has 0 aromatic heterocycles. The van der Waals surface area contributed by atoms with Crippen molar-refractivity contribution < 1.29 is 38.1 Å². The fourth-order valence-electron chi connectivity index (χ4n) is 8.87. The maximum Gasteiger partial charge on any atom is 0.311 e. The van der Waals surface area contributed by atoms with Crippen molar-refractivity contribution >= 4 is 23.9 Å². The zero-order chi connectivity index (χ0) is 46.6. The minimum atomic E-state index is -0.929. The third-order valence-corrected chi connectivity index (χ3v) is 12.4. The molecule has 0 saturated heterocycles. The van der Waals surface area contributed by atoms with E-state index in [1.165, 1.54) is 128 Å². The minimum Gasteiger partial charge on any atom is -0.462 e. The molecule has 364 valence electrons. The summed E-state index contributed by atoms with van der Waals surface area (Å²) < 4.78 is 22.8. The first-order chi connectivity index (χ1) is 30.3. The van der Waals surface area contributed by atoms with Gasteiger partial charge in [0.2, 0.25) is 0 Å². The highest BCUT2D eigenvalue weighted by atomic mass is 16.6. The van der Waals surface area contributed by atoms with Gasteiger partial charge in [-0.05, 0) is 61.6 Å². The molecule has 0 heterocycles. The number of hydrogen-bond acceptors (Lipinski definition) is 8. The number of aryl methyl sites for hydroxylation is 2. The monoisotopic (exact) mass is 885 g/mol. The Bertz CT molecular complexity index is 1310. The van der Waals surface area contributed by atoms with E-state index in [4.69, 9.17) is 18.9 Å². The molecular weight excluding hydrogens is 789 g/mol. The number of esters is 4. The number of unbranched alkanes of at least 4 members (excludes halogenated alkanes) is 24. The smallest absolute Gasteiger partial charge is 0.311 e. The van der Waals surface area contributed by atoms with Gasteiger partial charge < -0.3 is 18.9 Å². The normalized spacial score (nSPS) is 12.1. The SMILES string of the molecule is CCCCCCCCCCCCCCCC(=O)OCC(COC(=O)CCCCCCCCCCCCCCC)OC(=O)CC(C)CC(=O)Oc1cc(C)cc(C)c1C(C)(C)CCC. The topological polar surface area (TPSA) is 105 Å². The predicted octanol–water partition coefficient (Wildman–Crippen LogP) is 15.7. The van der Waals surface area contributed by atoms with E-state index in [2.05, 4.69) is 47.6 Å². The van der Waals surface area contributed by atoms with Gasteiger partial charge in [-0.2, -0.15) is 0 Å². The molecule has 0 spiro atoms. The van der Waals surface area contributed by atoms with Gasteiger partial charge in [-0.25, -0.2) is 0 Å². The lowest BCUT2D eigenvalue weighted by atomic mass is 9.77. The maximum atomic E-state index is 13.2. The van der Waals surface area contributed by atoms with Crippen molar-refractivity contribution in [2.45, 2.75) is 272 Å². The lowest BCUT2D eigenvalue weighted by Gasteiger charge is -2.29. The molecule has 0 aliphatic carbocycles. The van der Waals surface area contributed by atoms with Crippen LogP contribution in [0, 0.1) is 19.8 Å². The highest BCUT2D eigenvalue weighted by molar-refractivity contribution is 5.76. The van der Waals surface area contributed by atoms with Gasteiger partial charge in [0.15, 0.2) is 6.10 Å². The van der Waals surface area contributed by atoms with Crippen molar-refractivity contribution in [3.05, 3.63) is 28.8 Å². The summed E-state index contributed by atoms with van der Waals surface area (Å²) in [6, 6.07) is 4.04. The fourth-order valence-corrected chi connectivity index (χ4v) is 8.87. The summed E-state index contributed by atoms with van der Waals surface area (Å²) in [5, 5.41) is 0. The second-order valence-corrected chi connectivity index (χ2v) is 19.5. The Hall–Kier alpha value is -2.90. The largest absolute Gasteiger partial charge is 0.462 e. The van der Waals surface area contributed by atoms with Crippen molar-refractivity contribution in [3.8, 4) is 5.75 Å². The molecule has 1 unspecified atom stereocenters. The highest BCUT2D eigenvalue weighted by Crippen LogP contribution is 2.39. The second-order valence-electron chi connectivity index (χ2n) is 19.5. The molecule has 0 bridgehead atoms. The number of hydrogen-bond donors (Lipinski definition) is 0. The van der Waals surface area contributed by atoms with Gasteiger partial charge in [0.25, 0.3) is 0 Å². The van der Waals surface area contributed by atoms with Crippen molar-refractivity contribution in [2.24, 2.45) is 5.92 Å². The van der Waals surface area contributed by atoms with Crippen LogP contribution >= 0.6 is 0 Å². The van der Waals surface area contributed by atoms with E-state index in [-0.39, 0.29) is 49.3 Å². The summed E-state index contributed by atoms with van der Waals surface area (Å²) in [5.41, 5.74) is 2.97. The van der Waals surface area contributed by atoms with Crippen LogP contribution in [0.3, 0.4) is 0 Å². The zero-order valence-electron chi connectivity index (χ0n) is 42.1. The van der Waals surface area contributed by atoms with Gasteiger partial charge in [-0.15, -0.1) is 0 Å². The van der Waals surface area contributed by atoms with Crippen LogP contribution in [0.25, 0.3) is 0 Å². The van der Waals surface area contributed by atoms with E-state index < -0.39 is 18.0 Å². The van der Waals surface area contributed by atoms with Gasteiger partial charge in [-0.3, -0.25) is 19.2 Å². The van der Waals surface area contributed by atoms with E-state index in [9.17, 15) is 19.2 Å². The third kappa shape index (κ3) is 30.8. The quantitative estimate of drug-likeness (QED) is 0.0277. The van der Waals surface area contributed by atoms with Gasteiger partial charge in [0.1, 0.15) is 19.0 Å². The van der Waals surface area contributed by atoms with Gasteiger partial charge >= 0.3 is 23.9 Å². The van der Waals surface area contributed by atoms with Crippen LogP contribution < -0.4 is 4.74 Å². The van der Waals surface area contributed by atoms with Crippen LogP contribution in [-0.2, 0) is 38.8 Å². The Morgan fingerprint density at radius 2 is 0.889 bits per heavy atom. The van der Waals surface area contributed by atoms with Crippen molar-refractivity contribution in [3.63, 3.8) is 0 Å². The molecule has 8 heteroatoms. The number of carbonyl (C=O) groups is 4. The average Bonchev–Trinajstić information content (AvgIpc) is 3.21. The Morgan fingerprint density at radius 1 is 0.508 bits per heavy atom. The molecule has 1 rings (SSSR count). The summed E-state index contributed by atoms with van der Waals surface area (Å²) in [6.45, 7) is 16.5. The summed E-state index contributed by atoms with van der Waals surface area (Å²) >= 11 is 0. The molecule has 0 fully saturated rings. The molecule has 1 atom stereocenters. The Morgan fingerprint density at radius 3 is 1.29 bits per heavy atom. The first-order valence-electron chi connectivity index (χ1n) is 26.2. The van der Waals surface area contributed by atoms with E-state index in [0.717, 1.165) is 68.1 Å². The molecule has 0 amide bonds. The number of benzene rings is 1. The maximum absolute atomic E-state index is 13.2. The zero-order valence-corrected chi connectivity index (χ0v) is 42.1. The molecule has 0 saturated carbocycles. The van der Waals surface area contributed by atoms with Gasteiger partial charge in [0, 0.05) is 31.2 Å². The molecule has 8 nitrogen and oxygen atoms in total. The lowest BCUT2D eigenvalue weighted by Crippen LogP contribution is -2.31. The molecule has 0 N–H and O–H groups in total. The van der Waals surface area contributed by atoms with E-state index in [0.29, 0.717) is 18.6 Å². The molecule has 63 heavy (non-hydrogen) atoms.